The van der Waals surface area contributed by atoms with Crippen molar-refractivity contribution in [2.75, 3.05) is 0 Å². The van der Waals surface area contributed by atoms with Gasteiger partial charge in [-0.1, -0.05) is 11.6 Å². The zero-order chi connectivity index (χ0) is 9.14. The van der Waals surface area contributed by atoms with Gasteiger partial charge in [0.05, 0.1) is 5.69 Å². The maximum absolute atomic E-state index is 10.1. The Morgan fingerprint density at radius 3 is 2.75 bits per heavy atom. The Hall–Kier alpha value is -0.830. The van der Waals surface area contributed by atoms with Crippen LogP contribution in [0.2, 0.25) is 5.15 Å². The van der Waals surface area contributed by atoms with Crippen LogP contribution in [0.3, 0.4) is 0 Å². The second-order valence-corrected chi connectivity index (χ2v) is 3.04. The molecule has 0 unspecified atom stereocenters. The molecule has 0 aliphatic heterocycles. The Balaban J connectivity index is 2.89. The molecule has 12 heavy (non-hydrogen) atoms. The van der Waals surface area contributed by atoms with Crippen LogP contribution in [0.4, 0.5) is 0 Å². The molecular formula is C8H11ClN2O. The van der Waals surface area contributed by atoms with Gasteiger partial charge in [-0.25, -0.2) is 0 Å². The summed E-state index contributed by atoms with van der Waals surface area (Å²) in [7, 11) is 1.79. The highest BCUT2D eigenvalue weighted by Gasteiger charge is 2.09. The lowest BCUT2D eigenvalue weighted by Gasteiger charge is -1.94. The average molecular weight is 187 g/mol. The number of halogens is 1. The molecule has 0 aliphatic carbocycles. The number of aryl methyl sites for hydroxylation is 2. The Morgan fingerprint density at radius 2 is 2.33 bits per heavy atom. The van der Waals surface area contributed by atoms with Gasteiger partial charge in [0.25, 0.3) is 0 Å². The van der Waals surface area contributed by atoms with Crippen LogP contribution in [-0.2, 0) is 18.3 Å². The van der Waals surface area contributed by atoms with Gasteiger partial charge >= 0.3 is 0 Å². The zero-order valence-corrected chi connectivity index (χ0v) is 7.93. The molecule has 0 amide bonds. The quantitative estimate of drug-likeness (QED) is 0.671. The van der Waals surface area contributed by atoms with Gasteiger partial charge < -0.3 is 4.79 Å². The smallest absolute Gasteiger partial charge is 0.130 e. The summed E-state index contributed by atoms with van der Waals surface area (Å²) in [5.41, 5.74) is 1.88. The number of hydrogen-bond donors (Lipinski definition) is 0. The lowest BCUT2D eigenvalue weighted by molar-refractivity contribution is -0.107. The molecule has 0 atom stereocenters. The highest BCUT2D eigenvalue weighted by molar-refractivity contribution is 6.30. The molecule has 0 aromatic carbocycles. The van der Waals surface area contributed by atoms with E-state index in [-0.39, 0.29) is 0 Å². The first kappa shape index (κ1) is 9.26. The van der Waals surface area contributed by atoms with Gasteiger partial charge in [-0.05, 0) is 13.3 Å². The van der Waals surface area contributed by atoms with E-state index in [2.05, 4.69) is 5.10 Å². The fourth-order valence-electron chi connectivity index (χ4n) is 1.16. The maximum atomic E-state index is 10.1. The van der Waals surface area contributed by atoms with E-state index < -0.39 is 0 Å². The number of carbonyl (C=O) groups is 1. The van der Waals surface area contributed by atoms with Gasteiger partial charge in [-0.2, -0.15) is 5.10 Å². The highest BCUT2D eigenvalue weighted by Crippen LogP contribution is 2.19. The standard InChI is InChI=1S/C8H11ClN2O/c1-6-7(4-3-5-12)8(9)11(2)10-6/h5H,3-4H2,1-2H3. The zero-order valence-electron chi connectivity index (χ0n) is 7.17. The Morgan fingerprint density at radius 1 is 1.67 bits per heavy atom. The van der Waals surface area contributed by atoms with Crippen LogP contribution in [0.15, 0.2) is 0 Å². The van der Waals surface area contributed by atoms with Gasteiger partial charge in [-0.15, -0.1) is 0 Å². The summed E-state index contributed by atoms with van der Waals surface area (Å²) in [6.07, 6.45) is 2.08. The van der Waals surface area contributed by atoms with Crippen molar-refractivity contribution >= 4 is 17.9 Å². The number of aromatic nitrogens is 2. The van der Waals surface area contributed by atoms with Crippen molar-refractivity contribution in [1.29, 1.82) is 0 Å². The normalized spacial score (nSPS) is 10.2. The Labute approximate surface area is 76.3 Å². The summed E-state index contributed by atoms with van der Waals surface area (Å²) in [5.74, 6) is 0. The van der Waals surface area contributed by atoms with Crippen molar-refractivity contribution in [2.24, 2.45) is 7.05 Å². The number of aldehydes is 1. The van der Waals surface area contributed by atoms with Crippen LogP contribution in [0.1, 0.15) is 17.7 Å². The van der Waals surface area contributed by atoms with E-state index in [0.717, 1.165) is 17.5 Å². The minimum absolute atomic E-state index is 0.506. The molecule has 0 spiro atoms. The number of carbonyl (C=O) groups excluding carboxylic acids is 1. The van der Waals surface area contributed by atoms with Crippen molar-refractivity contribution in [3.05, 3.63) is 16.4 Å². The number of nitrogens with zero attached hydrogens (tertiary/aromatic N) is 2. The predicted molar refractivity (Wildman–Crippen MR) is 47.3 cm³/mol. The molecule has 0 saturated heterocycles. The van der Waals surface area contributed by atoms with Crippen molar-refractivity contribution in [2.45, 2.75) is 19.8 Å². The molecule has 1 aromatic heterocycles. The molecule has 0 N–H and O–H groups in total. The van der Waals surface area contributed by atoms with E-state index in [1.54, 1.807) is 11.7 Å². The fourth-order valence-corrected chi connectivity index (χ4v) is 1.43. The largest absolute Gasteiger partial charge is 0.303 e. The summed E-state index contributed by atoms with van der Waals surface area (Å²) in [4.78, 5) is 10.1. The summed E-state index contributed by atoms with van der Waals surface area (Å²) < 4.78 is 1.62. The van der Waals surface area contributed by atoms with Gasteiger partial charge in [0.2, 0.25) is 0 Å². The van der Waals surface area contributed by atoms with Gasteiger partial charge in [0.15, 0.2) is 0 Å². The monoisotopic (exact) mass is 186 g/mol. The molecule has 0 bridgehead atoms. The number of hydrogen-bond acceptors (Lipinski definition) is 2. The van der Waals surface area contributed by atoms with Crippen LogP contribution in [0.5, 0.6) is 0 Å². The van der Waals surface area contributed by atoms with Crippen LogP contribution in [-0.4, -0.2) is 16.1 Å². The molecule has 0 fully saturated rings. The third-order valence-electron chi connectivity index (χ3n) is 1.78. The van der Waals surface area contributed by atoms with E-state index in [0.29, 0.717) is 18.0 Å². The molecule has 4 heteroatoms. The lowest BCUT2D eigenvalue weighted by Crippen LogP contribution is -1.90. The molecule has 0 saturated carbocycles. The van der Waals surface area contributed by atoms with Crippen LogP contribution < -0.4 is 0 Å². The second-order valence-electron chi connectivity index (χ2n) is 2.68. The molecule has 1 rings (SSSR count). The first-order valence-corrected chi connectivity index (χ1v) is 4.16. The summed E-state index contributed by atoms with van der Waals surface area (Å²) in [5, 5.41) is 4.77. The molecule has 0 radical (unpaired) electrons. The van der Waals surface area contributed by atoms with E-state index in [1.165, 1.54) is 0 Å². The molecular weight excluding hydrogens is 176 g/mol. The fraction of sp³-hybridized carbons (Fsp3) is 0.500. The van der Waals surface area contributed by atoms with Crippen LogP contribution in [0.25, 0.3) is 0 Å². The summed E-state index contributed by atoms with van der Waals surface area (Å²) >= 11 is 5.93. The van der Waals surface area contributed by atoms with Crippen molar-refractivity contribution in [3.63, 3.8) is 0 Å². The van der Waals surface area contributed by atoms with E-state index in [1.807, 2.05) is 6.92 Å². The highest BCUT2D eigenvalue weighted by atomic mass is 35.5. The molecule has 0 aliphatic rings. The molecule has 1 aromatic rings. The minimum atomic E-state index is 0.506. The molecule has 3 nitrogen and oxygen atoms in total. The predicted octanol–water partition coefficient (Wildman–Crippen LogP) is 1.51. The first-order chi connectivity index (χ1) is 5.66. The lowest BCUT2D eigenvalue weighted by atomic mass is 10.1. The van der Waals surface area contributed by atoms with Gasteiger partial charge in [0.1, 0.15) is 11.4 Å². The van der Waals surface area contributed by atoms with Gasteiger partial charge in [-0.3, -0.25) is 4.68 Å². The first-order valence-electron chi connectivity index (χ1n) is 3.78. The summed E-state index contributed by atoms with van der Waals surface area (Å²) in [6.45, 7) is 1.89. The van der Waals surface area contributed by atoms with E-state index in [4.69, 9.17) is 11.6 Å². The minimum Gasteiger partial charge on any atom is -0.303 e. The average Bonchev–Trinajstić information content (AvgIpc) is 2.25. The van der Waals surface area contributed by atoms with Gasteiger partial charge in [0, 0.05) is 19.0 Å². The maximum Gasteiger partial charge on any atom is 0.130 e. The second kappa shape index (κ2) is 3.72. The molecule has 66 valence electrons. The van der Waals surface area contributed by atoms with Crippen LogP contribution in [0, 0.1) is 6.92 Å². The summed E-state index contributed by atoms with van der Waals surface area (Å²) in [6, 6.07) is 0. The molecule has 1 heterocycles. The van der Waals surface area contributed by atoms with Crippen molar-refractivity contribution in [1.82, 2.24) is 9.78 Å². The van der Waals surface area contributed by atoms with Crippen molar-refractivity contribution in [3.8, 4) is 0 Å². The van der Waals surface area contributed by atoms with Crippen LogP contribution >= 0.6 is 11.6 Å². The third-order valence-corrected chi connectivity index (χ3v) is 2.25. The number of rotatable bonds is 3. The van der Waals surface area contributed by atoms with Crippen molar-refractivity contribution < 1.29 is 4.79 Å². The SMILES string of the molecule is Cc1nn(C)c(Cl)c1CCC=O. The Bertz CT molecular complexity index is 293. The Kier molecular flexibility index (Phi) is 2.87. The topological polar surface area (TPSA) is 34.9 Å². The van der Waals surface area contributed by atoms with E-state index >= 15 is 0 Å². The van der Waals surface area contributed by atoms with E-state index in [9.17, 15) is 4.79 Å². The third kappa shape index (κ3) is 1.67.